The van der Waals surface area contributed by atoms with Gasteiger partial charge in [-0.3, -0.25) is 0 Å². The molecule has 0 spiro atoms. The van der Waals surface area contributed by atoms with Crippen molar-refractivity contribution in [1.82, 2.24) is 0 Å². The lowest BCUT2D eigenvalue weighted by Gasteiger charge is -2.02. The Morgan fingerprint density at radius 3 is 0.980 bits per heavy atom. The summed E-state index contributed by atoms with van der Waals surface area (Å²) in [5, 5.41) is 5.97. The molecule has 272 valence electrons. The average Bonchev–Trinajstić information content (AvgIpc) is 3.90. The quantitative estimate of drug-likeness (QED) is 0.0485. The van der Waals surface area contributed by atoms with Gasteiger partial charge in [-0.2, -0.15) is 0 Å². The number of fused-ring (bicyclic) bond motifs is 9. The molecule has 0 atom stereocenters. The van der Waals surface area contributed by atoms with E-state index in [0.717, 1.165) is 0 Å². The van der Waals surface area contributed by atoms with Gasteiger partial charge < -0.3 is 0 Å². The summed E-state index contributed by atoms with van der Waals surface area (Å²) in [6.07, 6.45) is 36.6. The van der Waals surface area contributed by atoms with Crippen LogP contribution in [0.3, 0.4) is 0 Å². The number of thiophene rings is 4. The first-order valence-electron chi connectivity index (χ1n) is 21.0. The number of unbranched alkanes of at least 4 members (excludes halogenated alkanes) is 22. The fourth-order valence-corrected chi connectivity index (χ4v) is 13.3. The summed E-state index contributed by atoms with van der Waals surface area (Å²) in [7, 11) is 0. The Morgan fingerprint density at radius 1 is 0.320 bits per heavy atom. The molecule has 4 aromatic heterocycles. The van der Waals surface area contributed by atoms with E-state index >= 15 is 0 Å². The van der Waals surface area contributed by atoms with Crippen molar-refractivity contribution >= 4 is 95.1 Å². The first-order valence-corrected chi connectivity index (χ1v) is 24.2. The Morgan fingerprint density at radius 2 is 0.640 bits per heavy atom. The van der Waals surface area contributed by atoms with Crippen molar-refractivity contribution in [2.45, 2.75) is 181 Å². The van der Waals surface area contributed by atoms with Crippen molar-refractivity contribution in [1.29, 1.82) is 0 Å². The van der Waals surface area contributed by atoms with Crippen LogP contribution in [0.2, 0.25) is 0 Å². The molecule has 0 amide bonds. The predicted molar refractivity (Wildman–Crippen MR) is 235 cm³/mol. The van der Waals surface area contributed by atoms with Gasteiger partial charge in [0.1, 0.15) is 0 Å². The van der Waals surface area contributed by atoms with Crippen molar-refractivity contribution < 1.29 is 0 Å². The summed E-state index contributed by atoms with van der Waals surface area (Å²) in [6.45, 7) is 4.61. The minimum Gasteiger partial charge on any atom is -0.140 e. The van der Waals surface area contributed by atoms with Gasteiger partial charge >= 0.3 is 0 Å². The normalized spacial score (nSPS) is 12.3. The molecule has 0 unspecified atom stereocenters. The fraction of sp³-hybridized carbons (Fsp3) is 0.609. The molecule has 6 rings (SSSR count). The lowest BCUT2D eigenvalue weighted by atomic mass is 10.0. The molecule has 6 aromatic rings. The molecule has 0 N–H and O–H groups in total. The molecule has 2 aromatic carbocycles. The Labute approximate surface area is 320 Å². The van der Waals surface area contributed by atoms with E-state index in [1.54, 1.807) is 9.75 Å². The van der Waals surface area contributed by atoms with Crippen LogP contribution in [-0.4, -0.2) is 0 Å². The van der Waals surface area contributed by atoms with Gasteiger partial charge in [-0.15, -0.1) is 45.3 Å². The highest BCUT2D eigenvalue weighted by Gasteiger charge is 2.18. The lowest BCUT2D eigenvalue weighted by molar-refractivity contribution is 0.544. The van der Waals surface area contributed by atoms with Crippen LogP contribution in [0, 0.1) is 0 Å². The van der Waals surface area contributed by atoms with Gasteiger partial charge in [-0.25, -0.2) is 0 Å². The Balaban J connectivity index is 0.980. The first kappa shape index (κ1) is 38.3. The van der Waals surface area contributed by atoms with Gasteiger partial charge in [0.05, 0.1) is 9.40 Å². The van der Waals surface area contributed by atoms with Crippen LogP contribution < -0.4 is 0 Å². The van der Waals surface area contributed by atoms with E-state index in [1.807, 2.05) is 22.7 Å². The predicted octanol–water partition coefficient (Wildman–Crippen LogP) is 18.2. The summed E-state index contributed by atoms with van der Waals surface area (Å²) in [5.74, 6) is 0. The summed E-state index contributed by atoms with van der Waals surface area (Å²) in [4.78, 5) is 3.17. The molecule has 0 bridgehead atoms. The Kier molecular flexibility index (Phi) is 15.8. The van der Waals surface area contributed by atoms with Gasteiger partial charge in [-0.1, -0.05) is 167 Å². The largest absolute Gasteiger partial charge is 0.140 e. The molecule has 0 saturated heterocycles. The maximum atomic E-state index is 2.54. The second-order valence-electron chi connectivity index (χ2n) is 15.3. The van der Waals surface area contributed by atoms with Crippen LogP contribution in [0.4, 0.5) is 0 Å². The summed E-state index contributed by atoms with van der Waals surface area (Å²) in [6, 6.07) is 14.8. The highest BCUT2D eigenvalue weighted by atomic mass is 32.1. The molecule has 4 heterocycles. The maximum Gasteiger partial charge on any atom is 0.0542 e. The fourth-order valence-electron chi connectivity index (χ4n) is 8.03. The van der Waals surface area contributed by atoms with Crippen LogP contribution >= 0.6 is 45.3 Å². The third-order valence-electron chi connectivity index (χ3n) is 11.1. The third-order valence-corrected chi connectivity index (χ3v) is 16.1. The van der Waals surface area contributed by atoms with Crippen LogP contribution in [-0.2, 0) is 12.8 Å². The second-order valence-corrected chi connectivity index (χ2v) is 19.7. The minimum atomic E-state index is 1.25. The number of hydrogen-bond donors (Lipinski definition) is 0. The van der Waals surface area contributed by atoms with Gasteiger partial charge in [-0.05, 0) is 49.9 Å². The van der Waals surface area contributed by atoms with E-state index < -0.39 is 0 Å². The standard InChI is InChI=1S/C46H64S4/c1-3-5-7-9-11-13-15-17-19-21-23-25-27-35-33-39-41(47-35)31-29-37-43(39)49-46-38-30-32-42-40(44(38)50-45(37)46)34-36(48-42)28-26-24-22-20-18-16-14-12-10-8-6-4-2/h29-34H,3-28H2,1-2H3. The number of rotatable bonds is 26. The maximum absolute atomic E-state index is 2.54. The van der Waals surface area contributed by atoms with E-state index in [2.05, 4.69) is 72.9 Å². The van der Waals surface area contributed by atoms with Crippen molar-refractivity contribution in [3.63, 3.8) is 0 Å². The van der Waals surface area contributed by atoms with Gasteiger partial charge in [0.2, 0.25) is 0 Å². The van der Waals surface area contributed by atoms with E-state index in [-0.39, 0.29) is 0 Å². The molecular weight excluding hydrogens is 681 g/mol. The molecule has 0 aliphatic carbocycles. The molecule has 4 heteroatoms. The zero-order valence-electron chi connectivity index (χ0n) is 31.5. The minimum absolute atomic E-state index is 1.25. The molecule has 0 radical (unpaired) electrons. The van der Waals surface area contributed by atoms with Crippen LogP contribution in [0.5, 0.6) is 0 Å². The topological polar surface area (TPSA) is 0 Å². The van der Waals surface area contributed by atoms with Gasteiger partial charge in [0, 0.05) is 50.1 Å². The third kappa shape index (κ3) is 10.4. The molecule has 0 aliphatic rings. The second kappa shape index (κ2) is 20.7. The number of benzene rings is 2. The van der Waals surface area contributed by atoms with Crippen molar-refractivity contribution in [3.05, 3.63) is 46.2 Å². The SMILES string of the molecule is CCCCCCCCCCCCCCc1cc2c(ccc3c2sc2c4ccc5sc(CCCCCCCCCCCCCC)cc5c4sc32)s1. The van der Waals surface area contributed by atoms with Gasteiger partial charge in [0.25, 0.3) is 0 Å². The van der Waals surface area contributed by atoms with Crippen molar-refractivity contribution in [2.75, 3.05) is 0 Å². The smallest absolute Gasteiger partial charge is 0.0542 e. The van der Waals surface area contributed by atoms with E-state index in [0.29, 0.717) is 0 Å². The number of hydrogen-bond acceptors (Lipinski definition) is 4. The van der Waals surface area contributed by atoms with E-state index in [4.69, 9.17) is 0 Å². The van der Waals surface area contributed by atoms with Crippen LogP contribution in [0.15, 0.2) is 36.4 Å². The van der Waals surface area contributed by atoms with Crippen molar-refractivity contribution in [2.24, 2.45) is 0 Å². The Hall–Kier alpha value is -1.46. The highest BCUT2D eigenvalue weighted by Crippen LogP contribution is 2.49. The van der Waals surface area contributed by atoms with E-state index in [9.17, 15) is 0 Å². The first-order chi connectivity index (χ1) is 24.8. The molecule has 0 aliphatic heterocycles. The average molecular weight is 745 g/mol. The zero-order valence-corrected chi connectivity index (χ0v) is 34.7. The van der Waals surface area contributed by atoms with Gasteiger partial charge in [0.15, 0.2) is 0 Å². The zero-order chi connectivity index (χ0) is 34.4. The highest BCUT2D eigenvalue weighted by molar-refractivity contribution is 7.37. The monoisotopic (exact) mass is 744 g/mol. The van der Waals surface area contributed by atoms with Crippen LogP contribution in [0.1, 0.15) is 178 Å². The molecule has 0 nitrogen and oxygen atoms in total. The summed E-state index contributed by atoms with van der Waals surface area (Å²) >= 11 is 8.19. The Bertz CT molecular complexity index is 1720. The lowest BCUT2D eigenvalue weighted by Crippen LogP contribution is -1.84. The van der Waals surface area contributed by atoms with Crippen molar-refractivity contribution in [3.8, 4) is 0 Å². The molecule has 50 heavy (non-hydrogen) atoms. The molecular formula is C46H64S4. The van der Waals surface area contributed by atoms with Crippen LogP contribution in [0.25, 0.3) is 49.7 Å². The van der Waals surface area contributed by atoms with E-state index in [1.165, 1.54) is 217 Å². The summed E-state index contributed by atoms with van der Waals surface area (Å²) in [5.41, 5.74) is 0. The summed E-state index contributed by atoms with van der Waals surface area (Å²) < 4.78 is 9.01. The molecule has 0 fully saturated rings. The molecule has 0 saturated carbocycles. The number of aryl methyl sites for hydroxylation is 2.